The minimum atomic E-state index is -0.640. The van der Waals surface area contributed by atoms with Gasteiger partial charge in [-0.15, -0.1) is 11.3 Å². The maximum absolute atomic E-state index is 13.4. The Bertz CT molecular complexity index is 1340. The van der Waals surface area contributed by atoms with E-state index in [4.69, 9.17) is 4.74 Å². The summed E-state index contributed by atoms with van der Waals surface area (Å²) in [5, 5.41) is 9.56. The normalized spacial score (nSPS) is 10.8. The second-order valence-corrected chi connectivity index (χ2v) is 7.55. The topological polar surface area (TPSA) is 103 Å². The zero-order valence-electron chi connectivity index (χ0n) is 16.8. The first kappa shape index (κ1) is 20.4. The number of thiophene rings is 1. The lowest BCUT2D eigenvalue weighted by Gasteiger charge is -2.10. The molecule has 1 N–H and O–H groups in total. The summed E-state index contributed by atoms with van der Waals surface area (Å²) >= 11 is 1.15. The van der Waals surface area contributed by atoms with Gasteiger partial charge >= 0.3 is 5.97 Å². The van der Waals surface area contributed by atoms with E-state index in [0.29, 0.717) is 21.6 Å². The van der Waals surface area contributed by atoms with Crippen LogP contribution in [0.25, 0.3) is 16.5 Å². The van der Waals surface area contributed by atoms with Crippen molar-refractivity contribution in [3.63, 3.8) is 0 Å². The summed E-state index contributed by atoms with van der Waals surface area (Å²) in [5.74, 6) is -1.03. The van der Waals surface area contributed by atoms with Gasteiger partial charge in [0.2, 0.25) is 0 Å². The highest BCUT2D eigenvalue weighted by atomic mass is 32.1. The van der Waals surface area contributed by atoms with Gasteiger partial charge in [-0.2, -0.15) is 9.78 Å². The Morgan fingerprint density at radius 2 is 1.97 bits per heavy atom. The van der Waals surface area contributed by atoms with E-state index >= 15 is 0 Å². The van der Waals surface area contributed by atoms with E-state index < -0.39 is 11.5 Å². The molecular formula is C22H18N4O4S. The average Bonchev–Trinajstić information content (AvgIpc) is 3.19. The van der Waals surface area contributed by atoms with Crippen LogP contribution in [0, 0.1) is 6.92 Å². The Hall–Kier alpha value is -3.85. The smallest absolute Gasteiger partial charge is 0.359 e. The summed E-state index contributed by atoms with van der Waals surface area (Å²) in [5.41, 5.74) is 1.41. The van der Waals surface area contributed by atoms with Crippen LogP contribution in [-0.4, -0.2) is 33.2 Å². The molecule has 156 valence electrons. The number of aryl methyl sites for hydroxylation is 1. The lowest BCUT2D eigenvalue weighted by atomic mass is 10.2. The molecule has 0 aliphatic heterocycles. The predicted molar refractivity (Wildman–Crippen MR) is 118 cm³/mol. The summed E-state index contributed by atoms with van der Waals surface area (Å²) in [6.45, 7) is 3.76. The van der Waals surface area contributed by atoms with Crippen molar-refractivity contribution in [3.05, 3.63) is 81.3 Å². The molecule has 0 atom stereocenters. The number of ether oxygens (including phenoxy) is 1. The molecule has 0 aliphatic rings. The fraction of sp³-hybridized carbons (Fsp3) is 0.136. The molecule has 0 saturated heterocycles. The summed E-state index contributed by atoms with van der Waals surface area (Å²) in [6.07, 6.45) is 3.02. The first-order valence-corrected chi connectivity index (χ1v) is 10.4. The number of aromatic nitrogens is 3. The molecular weight excluding hydrogens is 416 g/mol. The van der Waals surface area contributed by atoms with Crippen LogP contribution in [0.15, 0.2) is 59.0 Å². The van der Waals surface area contributed by atoms with Gasteiger partial charge in [0.25, 0.3) is 11.5 Å². The van der Waals surface area contributed by atoms with E-state index in [1.165, 1.54) is 12.4 Å². The molecule has 4 rings (SSSR count). The van der Waals surface area contributed by atoms with Crippen molar-refractivity contribution in [2.45, 2.75) is 13.8 Å². The molecule has 0 unspecified atom stereocenters. The van der Waals surface area contributed by atoms with Crippen molar-refractivity contribution in [1.82, 2.24) is 14.8 Å². The highest BCUT2D eigenvalue weighted by molar-refractivity contribution is 7.16. The molecule has 0 aliphatic carbocycles. The van der Waals surface area contributed by atoms with Gasteiger partial charge in [-0.05, 0) is 43.7 Å². The summed E-state index contributed by atoms with van der Waals surface area (Å²) in [6, 6.07) is 10.3. The highest BCUT2D eigenvalue weighted by Gasteiger charge is 2.23. The quantitative estimate of drug-likeness (QED) is 0.482. The van der Waals surface area contributed by atoms with Crippen LogP contribution in [0.4, 0.5) is 5.00 Å². The number of carbonyl (C=O) groups is 2. The zero-order chi connectivity index (χ0) is 22.0. The third-order valence-electron chi connectivity index (χ3n) is 4.54. The molecule has 0 radical (unpaired) electrons. The maximum atomic E-state index is 13.4. The second kappa shape index (κ2) is 8.49. The fourth-order valence-electron chi connectivity index (χ4n) is 3.11. The number of carbonyl (C=O) groups excluding carboxylic acids is 2. The first-order chi connectivity index (χ1) is 15.0. The molecule has 0 bridgehead atoms. The molecule has 0 fully saturated rings. The SMILES string of the molecule is CCOC(=O)c1nn(-c2cccc(C)c2)c(=O)c2c(NC(=O)c3ccncc3)scc12. The number of anilines is 1. The van der Waals surface area contributed by atoms with Gasteiger partial charge in [0, 0.05) is 28.7 Å². The second-order valence-electron chi connectivity index (χ2n) is 6.67. The van der Waals surface area contributed by atoms with Crippen molar-refractivity contribution in [2.24, 2.45) is 0 Å². The lowest BCUT2D eigenvalue weighted by molar-refractivity contribution is 0.0520. The standard InChI is InChI=1S/C22H18N4O4S/c1-3-30-22(29)18-16-12-31-20(24-19(27)14-7-9-23-10-8-14)17(16)21(28)26(25-18)15-6-4-5-13(2)11-15/h4-12H,3H2,1-2H3,(H,24,27). The zero-order valence-corrected chi connectivity index (χ0v) is 17.6. The van der Waals surface area contributed by atoms with Crippen LogP contribution < -0.4 is 10.9 Å². The van der Waals surface area contributed by atoms with E-state index in [2.05, 4.69) is 15.4 Å². The Morgan fingerprint density at radius 1 is 1.19 bits per heavy atom. The van der Waals surface area contributed by atoms with E-state index in [9.17, 15) is 14.4 Å². The van der Waals surface area contributed by atoms with E-state index in [-0.39, 0.29) is 23.6 Å². The molecule has 1 amide bonds. The van der Waals surface area contributed by atoms with Crippen molar-refractivity contribution in [2.75, 3.05) is 11.9 Å². The molecule has 3 aromatic heterocycles. The van der Waals surface area contributed by atoms with Gasteiger partial charge in [0.1, 0.15) is 5.00 Å². The minimum Gasteiger partial charge on any atom is -0.461 e. The van der Waals surface area contributed by atoms with Gasteiger partial charge in [0.05, 0.1) is 17.7 Å². The molecule has 1 aromatic carbocycles. The molecule has 0 spiro atoms. The summed E-state index contributed by atoms with van der Waals surface area (Å²) in [4.78, 5) is 42.5. The monoisotopic (exact) mass is 434 g/mol. The number of nitrogens with one attached hydrogen (secondary N) is 1. The number of esters is 1. The van der Waals surface area contributed by atoms with Crippen molar-refractivity contribution in [3.8, 4) is 5.69 Å². The Kier molecular flexibility index (Phi) is 5.59. The number of hydrogen-bond donors (Lipinski definition) is 1. The number of benzene rings is 1. The Morgan fingerprint density at radius 3 is 2.68 bits per heavy atom. The van der Waals surface area contributed by atoms with E-state index in [0.717, 1.165) is 21.6 Å². The number of amides is 1. The van der Waals surface area contributed by atoms with Crippen LogP contribution in [0.3, 0.4) is 0 Å². The van der Waals surface area contributed by atoms with Crippen molar-refractivity contribution in [1.29, 1.82) is 0 Å². The molecule has 8 nitrogen and oxygen atoms in total. The maximum Gasteiger partial charge on any atom is 0.359 e. The Labute approximate surface area is 181 Å². The van der Waals surface area contributed by atoms with Crippen LogP contribution in [0.2, 0.25) is 0 Å². The lowest BCUT2D eigenvalue weighted by Crippen LogP contribution is -2.25. The van der Waals surface area contributed by atoms with E-state index in [1.54, 1.807) is 42.6 Å². The number of hydrogen-bond acceptors (Lipinski definition) is 7. The van der Waals surface area contributed by atoms with Crippen molar-refractivity contribution >= 4 is 39.0 Å². The fourth-order valence-corrected chi connectivity index (χ4v) is 4.04. The van der Waals surface area contributed by atoms with Crippen molar-refractivity contribution < 1.29 is 14.3 Å². The van der Waals surface area contributed by atoms with Gasteiger partial charge < -0.3 is 10.1 Å². The van der Waals surface area contributed by atoms with Gasteiger partial charge in [-0.25, -0.2) is 4.79 Å². The predicted octanol–water partition coefficient (Wildman–Crippen LogP) is 3.58. The molecule has 0 saturated carbocycles. The third-order valence-corrected chi connectivity index (χ3v) is 5.43. The van der Waals surface area contributed by atoms with Crippen LogP contribution in [0.1, 0.15) is 33.3 Å². The number of fused-ring (bicyclic) bond motifs is 1. The minimum absolute atomic E-state index is 0.0126. The summed E-state index contributed by atoms with van der Waals surface area (Å²) < 4.78 is 6.31. The summed E-state index contributed by atoms with van der Waals surface area (Å²) in [7, 11) is 0. The van der Waals surface area contributed by atoms with Gasteiger partial charge in [0.15, 0.2) is 5.69 Å². The highest BCUT2D eigenvalue weighted by Crippen LogP contribution is 2.31. The molecule has 31 heavy (non-hydrogen) atoms. The van der Waals surface area contributed by atoms with Gasteiger partial charge in [-0.1, -0.05) is 12.1 Å². The molecule has 4 aromatic rings. The first-order valence-electron chi connectivity index (χ1n) is 9.49. The van der Waals surface area contributed by atoms with Crippen LogP contribution in [0.5, 0.6) is 0 Å². The third kappa shape index (κ3) is 3.95. The number of pyridine rings is 1. The average molecular weight is 434 g/mol. The number of nitrogens with zero attached hydrogens (tertiary/aromatic N) is 3. The van der Waals surface area contributed by atoms with Crippen LogP contribution >= 0.6 is 11.3 Å². The van der Waals surface area contributed by atoms with Gasteiger partial charge in [-0.3, -0.25) is 14.6 Å². The molecule has 9 heteroatoms. The largest absolute Gasteiger partial charge is 0.461 e. The Balaban J connectivity index is 1.90. The van der Waals surface area contributed by atoms with E-state index in [1.807, 2.05) is 13.0 Å². The molecule has 3 heterocycles. The number of rotatable bonds is 5. The van der Waals surface area contributed by atoms with Crippen LogP contribution in [-0.2, 0) is 4.74 Å².